The molecular weight excluding hydrogens is 540 g/mol. The van der Waals surface area contributed by atoms with Crippen molar-refractivity contribution in [3.05, 3.63) is 91.2 Å². The van der Waals surface area contributed by atoms with Crippen LogP contribution in [0.5, 0.6) is 0 Å². The van der Waals surface area contributed by atoms with Gasteiger partial charge in [0.1, 0.15) is 5.82 Å². The van der Waals surface area contributed by atoms with E-state index < -0.39 is 11.9 Å². The maximum atomic E-state index is 13.4. The van der Waals surface area contributed by atoms with Crippen LogP contribution in [-0.4, -0.2) is 42.6 Å². The number of aromatic nitrogens is 3. The van der Waals surface area contributed by atoms with Gasteiger partial charge in [0.15, 0.2) is 0 Å². The Balaban J connectivity index is 1.86. The summed E-state index contributed by atoms with van der Waals surface area (Å²) < 4.78 is 3.84. The highest BCUT2D eigenvalue weighted by Gasteiger charge is 2.18. The van der Waals surface area contributed by atoms with E-state index in [0.717, 1.165) is 22.7 Å². The number of benzene rings is 2. The van der Waals surface area contributed by atoms with Gasteiger partial charge in [-0.1, -0.05) is 29.8 Å². The van der Waals surface area contributed by atoms with Crippen LogP contribution in [0.4, 0.5) is 0 Å². The predicted octanol–water partition coefficient (Wildman–Crippen LogP) is 5.36. The largest absolute Gasteiger partial charge is 0.478 e. The predicted molar refractivity (Wildman–Crippen MR) is 145 cm³/mol. The summed E-state index contributed by atoms with van der Waals surface area (Å²) in [5.41, 5.74) is 2.59. The number of hydrogen-bond donors (Lipinski definition) is 2. The molecule has 4 aromatic rings. The van der Waals surface area contributed by atoms with Gasteiger partial charge in [-0.05, 0) is 62.7 Å². The molecule has 0 fully saturated rings. The average Bonchev–Trinajstić information content (AvgIpc) is 3.15. The van der Waals surface area contributed by atoms with Crippen molar-refractivity contribution in [1.82, 2.24) is 14.2 Å². The average molecular weight is 565 g/mol. The smallest absolute Gasteiger partial charge is 0.335 e. The molecule has 0 radical (unpaired) electrons. The summed E-state index contributed by atoms with van der Waals surface area (Å²) in [4.78, 5) is 41.3. The molecule has 0 unspecified atom stereocenters. The molecule has 4 rings (SSSR count). The second kappa shape index (κ2) is 10.1. The zero-order valence-electron chi connectivity index (χ0n) is 20.7. The molecule has 2 heterocycles. The standard InChI is InChI=1S/C27H25BrN4O5/c1-5-14(2)24-30-23-7-6-20(28)12-22(23)25(33)32(24)29-13-19-8-15(3)31(16(19)4)21-10-17(26(34)35)9-18(11-21)27(36)37/h6-14H,5H2,1-4H3,(H,34,35)(H,36,37)/t14-/m0/s1. The fourth-order valence-electron chi connectivity index (χ4n) is 4.20. The van der Waals surface area contributed by atoms with E-state index in [0.29, 0.717) is 33.7 Å². The van der Waals surface area contributed by atoms with Crippen molar-refractivity contribution in [2.24, 2.45) is 5.10 Å². The SMILES string of the molecule is CC[C@H](C)c1nc2ccc(Br)cc2c(=O)n1N=Cc1cc(C)n(-c2cc(C(=O)O)cc(C(=O)O)c2)c1C. The van der Waals surface area contributed by atoms with Crippen molar-refractivity contribution in [3.63, 3.8) is 0 Å². The molecule has 37 heavy (non-hydrogen) atoms. The first-order valence-corrected chi connectivity index (χ1v) is 12.4. The Kier molecular flexibility index (Phi) is 7.13. The Morgan fingerprint density at radius 3 is 2.32 bits per heavy atom. The van der Waals surface area contributed by atoms with Crippen LogP contribution in [0, 0.1) is 13.8 Å². The lowest BCUT2D eigenvalue weighted by Gasteiger charge is -2.14. The summed E-state index contributed by atoms with van der Waals surface area (Å²) in [6.07, 6.45) is 2.33. The topological polar surface area (TPSA) is 127 Å². The number of carboxylic acid groups (broad SMARTS) is 2. The molecule has 0 saturated carbocycles. The number of aromatic carboxylic acids is 2. The van der Waals surface area contributed by atoms with E-state index in [2.05, 4.69) is 21.0 Å². The Labute approximate surface area is 220 Å². The van der Waals surface area contributed by atoms with Crippen LogP contribution in [0.25, 0.3) is 16.6 Å². The van der Waals surface area contributed by atoms with Crippen LogP contribution in [0.3, 0.4) is 0 Å². The molecule has 2 aromatic carbocycles. The van der Waals surface area contributed by atoms with Crippen LogP contribution in [0.15, 0.2) is 56.8 Å². The van der Waals surface area contributed by atoms with Crippen molar-refractivity contribution < 1.29 is 19.8 Å². The third-order valence-electron chi connectivity index (χ3n) is 6.34. The van der Waals surface area contributed by atoms with Gasteiger partial charge in [0, 0.05) is 33.0 Å². The molecule has 0 aliphatic heterocycles. The summed E-state index contributed by atoms with van der Waals surface area (Å²) in [5.74, 6) is -1.91. The van der Waals surface area contributed by atoms with Crippen molar-refractivity contribution in [1.29, 1.82) is 0 Å². The van der Waals surface area contributed by atoms with Gasteiger partial charge in [0.2, 0.25) is 0 Å². The van der Waals surface area contributed by atoms with E-state index in [-0.39, 0.29) is 22.6 Å². The van der Waals surface area contributed by atoms with E-state index in [1.165, 1.54) is 16.8 Å². The van der Waals surface area contributed by atoms with E-state index in [9.17, 15) is 24.6 Å². The number of hydrogen-bond acceptors (Lipinski definition) is 5. The Bertz CT molecular complexity index is 1620. The second-order valence-electron chi connectivity index (χ2n) is 8.84. The molecule has 0 saturated heterocycles. The van der Waals surface area contributed by atoms with E-state index >= 15 is 0 Å². The van der Waals surface area contributed by atoms with Crippen molar-refractivity contribution in [3.8, 4) is 5.69 Å². The van der Waals surface area contributed by atoms with Crippen LogP contribution >= 0.6 is 15.9 Å². The van der Waals surface area contributed by atoms with Crippen LogP contribution in [0.1, 0.15) is 69.7 Å². The summed E-state index contributed by atoms with van der Waals surface area (Å²) in [6, 6.07) is 11.2. The number of fused-ring (bicyclic) bond motifs is 1. The molecule has 2 N–H and O–H groups in total. The van der Waals surface area contributed by atoms with Gasteiger partial charge < -0.3 is 14.8 Å². The molecular formula is C27H25BrN4O5. The van der Waals surface area contributed by atoms with Gasteiger partial charge in [0.25, 0.3) is 5.56 Å². The van der Waals surface area contributed by atoms with E-state index in [4.69, 9.17) is 4.98 Å². The highest BCUT2D eigenvalue weighted by atomic mass is 79.9. The molecule has 0 amide bonds. The summed E-state index contributed by atoms with van der Waals surface area (Å²) >= 11 is 3.41. The fraction of sp³-hybridized carbons (Fsp3) is 0.222. The Morgan fingerprint density at radius 2 is 1.73 bits per heavy atom. The molecule has 2 aromatic heterocycles. The third kappa shape index (κ3) is 4.97. The van der Waals surface area contributed by atoms with Crippen LogP contribution < -0.4 is 5.56 Å². The van der Waals surface area contributed by atoms with Gasteiger partial charge in [-0.25, -0.2) is 14.6 Å². The lowest BCUT2D eigenvalue weighted by Crippen LogP contribution is -2.23. The third-order valence-corrected chi connectivity index (χ3v) is 6.83. The maximum Gasteiger partial charge on any atom is 0.335 e. The molecule has 0 spiro atoms. The summed E-state index contributed by atoms with van der Waals surface area (Å²) in [7, 11) is 0. The lowest BCUT2D eigenvalue weighted by molar-refractivity contribution is 0.0696. The first kappa shape index (κ1) is 26.0. The fourth-order valence-corrected chi connectivity index (χ4v) is 4.56. The highest BCUT2D eigenvalue weighted by molar-refractivity contribution is 9.10. The number of carbonyl (C=O) groups is 2. The van der Waals surface area contributed by atoms with Crippen molar-refractivity contribution >= 4 is 45.0 Å². The summed E-state index contributed by atoms with van der Waals surface area (Å²) in [5, 5.41) is 23.9. The monoisotopic (exact) mass is 564 g/mol. The Morgan fingerprint density at radius 1 is 1.08 bits per heavy atom. The normalized spacial score (nSPS) is 12.4. The Hall–Kier alpha value is -4.05. The molecule has 0 aliphatic carbocycles. The maximum absolute atomic E-state index is 13.4. The van der Waals surface area contributed by atoms with Gasteiger partial charge in [0.05, 0.1) is 28.2 Å². The zero-order valence-corrected chi connectivity index (χ0v) is 22.3. The molecule has 0 aliphatic rings. The second-order valence-corrected chi connectivity index (χ2v) is 9.76. The van der Waals surface area contributed by atoms with Gasteiger partial charge >= 0.3 is 11.9 Å². The van der Waals surface area contributed by atoms with Crippen LogP contribution in [0.2, 0.25) is 0 Å². The summed E-state index contributed by atoms with van der Waals surface area (Å²) in [6.45, 7) is 7.64. The molecule has 1 atom stereocenters. The molecule has 0 bridgehead atoms. The number of rotatable bonds is 7. The van der Waals surface area contributed by atoms with Crippen molar-refractivity contribution in [2.75, 3.05) is 0 Å². The molecule has 10 heteroatoms. The number of aryl methyl sites for hydroxylation is 1. The zero-order chi connectivity index (χ0) is 27.0. The van der Waals surface area contributed by atoms with Gasteiger partial charge in [-0.2, -0.15) is 9.78 Å². The molecule has 9 nitrogen and oxygen atoms in total. The van der Waals surface area contributed by atoms with E-state index in [1.807, 2.05) is 39.8 Å². The number of halogens is 1. The quantitative estimate of drug-likeness (QED) is 0.291. The minimum Gasteiger partial charge on any atom is -0.478 e. The highest BCUT2D eigenvalue weighted by Crippen LogP contribution is 2.24. The minimum absolute atomic E-state index is 0.0153. The van der Waals surface area contributed by atoms with Crippen LogP contribution in [-0.2, 0) is 0 Å². The number of carboxylic acids is 2. The molecule has 190 valence electrons. The lowest BCUT2D eigenvalue weighted by atomic mass is 10.1. The number of nitrogens with zero attached hydrogens (tertiary/aromatic N) is 4. The first-order chi connectivity index (χ1) is 17.5. The first-order valence-electron chi connectivity index (χ1n) is 11.6. The minimum atomic E-state index is -1.22. The van der Waals surface area contributed by atoms with Crippen molar-refractivity contribution in [2.45, 2.75) is 40.0 Å². The van der Waals surface area contributed by atoms with E-state index in [1.54, 1.807) is 22.9 Å². The van der Waals surface area contributed by atoms with Gasteiger partial charge in [-0.3, -0.25) is 4.79 Å². The van der Waals surface area contributed by atoms with Gasteiger partial charge in [-0.15, -0.1) is 0 Å².